The van der Waals surface area contributed by atoms with Crippen LogP contribution in [0.25, 0.3) is 0 Å². The molecule has 2 saturated heterocycles. The zero-order chi connectivity index (χ0) is 15.4. The monoisotopic (exact) mass is 300 g/mol. The molecule has 3 heteroatoms. The van der Waals surface area contributed by atoms with Crippen LogP contribution in [0.1, 0.15) is 44.6 Å². The largest absolute Gasteiger partial charge is 0.338 e. The number of carbonyl (C=O) groups is 1. The van der Waals surface area contributed by atoms with E-state index in [9.17, 15) is 4.79 Å². The number of benzene rings is 1. The highest BCUT2D eigenvalue weighted by molar-refractivity contribution is 5.83. The van der Waals surface area contributed by atoms with E-state index in [1.165, 1.54) is 12.0 Å². The van der Waals surface area contributed by atoms with Gasteiger partial charge in [0.15, 0.2) is 0 Å². The molecular formula is C19H28N2O. The normalized spacial score (nSPS) is 27.7. The Balaban J connectivity index is 1.78. The maximum atomic E-state index is 13.3. The van der Waals surface area contributed by atoms with Crippen LogP contribution < -0.4 is 5.32 Å². The molecule has 1 aromatic rings. The van der Waals surface area contributed by atoms with Gasteiger partial charge in [0.2, 0.25) is 5.91 Å². The predicted octanol–water partition coefficient (Wildman–Crippen LogP) is 3.21. The van der Waals surface area contributed by atoms with Crippen molar-refractivity contribution in [1.29, 1.82) is 0 Å². The van der Waals surface area contributed by atoms with E-state index in [0.717, 1.165) is 51.9 Å². The number of nitrogens with zero attached hydrogens (tertiary/aromatic N) is 1. The van der Waals surface area contributed by atoms with Crippen molar-refractivity contribution in [3.63, 3.8) is 0 Å². The van der Waals surface area contributed by atoms with Crippen molar-refractivity contribution in [1.82, 2.24) is 10.2 Å². The van der Waals surface area contributed by atoms with E-state index in [1.807, 2.05) is 6.07 Å². The fourth-order valence-electron chi connectivity index (χ4n) is 4.16. The van der Waals surface area contributed by atoms with Gasteiger partial charge < -0.3 is 10.2 Å². The van der Waals surface area contributed by atoms with Crippen LogP contribution in [0, 0.1) is 11.3 Å². The Morgan fingerprint density at radius 2 is 1.91 bits per heavy atom. The smallest absolute Gasteiger partial charge is 0.229 e. The second-order valence-electron chi connectivity index (χ2n) is 7.11. The molecule has 1 amide bonds. The Morgan fingerprint density at radius 1 is 1.18 bits per heavy atom. The van der Waals surface area contributed by atoms with Gasteiger partial charge in [0.1, 0.15) is 0 Å². The van der Waals surface area contributed by atoms with Crippen LogP contribution in [-0.4, -0.2) is 30.4 Å². The second kappa shape index (κ2) is 6.82. The van der Waals surface area contributed by atoms with Crippen LogP contribution in [0.5, 0.6) is 0 Å². The molecule has 1 atom stereocenters. The van der Waals surface area contributed by atoms with E-state index in [0.29, 0.717) is 11.8 Å². The third kappa shape index (κ3) is 3.19. The highest BCUT2D eigenvalue weighted by Gasteiger charge is 2.44. The third-order valence-corrected chi connectivity index (χ3v) is 5.61. The lowest BCUT2D eigenvalue weighted by Gasteiger charge is -2.40. The van der Waals surface area contributed by atoms with Crippen LogP contribution in [0.4, 0.5) is 0 Å². The van der Waals surface area contributed by atoms with E-state index in [-0.39, 0.29) is 5.41 Å². The first-order valence-corrected chi connectivity index (χ1v) is 8.74. The summed E-state index contributed by atoms with van der Waals surface area (Å²) in [4.78, 5) is 15.4. The van der Waals surface area contributed by atoms with Gasteiger partial charge in [-0.3, -0.25) is 4.79 Å². The minimum Gasteiger partial charge on any atom is -0.338 e. The van der Waals surface area contributed by atoms with Crippen molar-refractivity contribution < 1.29 is 4.79 Å². The fourth-order valence-corrected chi connectivity index (χ4v) is 4.16. The van der Waals surface area contributed by atoms with Crippen molar-refractivity contribution >= 4 is 5.91 Å². The first-order valence-electron chi connectivity index (χ1n) is 8.74. The summed E-state index contributed by atoms with van der Waals surface area (Å²) in [7, 11) is 0. The maximum Gasteiger partial charge on any atom is 0.229 e. The summed E-state index contributed by atoms with van der Waals surface area (Å²) in [5.74, 6) is 0.929. The van der Waals surface area contributed by atoms with E-state index < -0.39 is 0 Å². The van der Waals surface area contributed by atoms with Gasteiger partial charge >= 0.3 is 0 Å². The molecule has 0 unspecified atom stereocenters. The molecule has 3 nitrogen and oxygen atoms in total. The minimum absolute atomic E-state index is 0.159. The Labute approximate surface area is 134 Å². The number of likely N-dealkylation sites (tertiary alicyclic amines) is 1. The van der Waals surface area contributed by atoms with Crippen LogP contribution in [0.3, 0.4) is 0 Å². The Hall–Kier alpha value is -1.35. The molecule has 0 bridgehead atoms. The number of carbonyl (C=O) groups excluding carboxylic acids is 1. The fraction of sp³-hybridized carbons (Fsp3) is 0.632. The highest BCUT2D eigenvalue weighted by atomic mass is 16.2. The van der Waals surface area contributed by atoms with Gasteiger partial charge in [-0.1, -0.05) is 43.7 Å². The van der Waals surface area contributed by atoms with Gasteiger partial charge in [-0.25, -0.2) is 0 Å². The summed E-state index contributed by atoms with van der Waals surface area (Å²) < 4.78 is 0. The first kappa shape index (κ1) is 15.5. The standard InChI is InChI=1S/C19H28N2O/c1-19(17-9-12-20-13-10-17)11-5-6-14-21(18(19)22)15-16-7-3-2-4-8-16/h2-4,7-8,17,20H,5-6,9-15H2,1H3/t19-/m0/s1. The van der Waals surface area contributed by atoms with Gasteiger partial charge in [-0.05, 0) is 50.3 Å². The molecule has 0 aromatic heterocycles. The van der Waals surface area contributed by atoms with E-state index in [1.54, 1.807) is 0 Å². The molecule has 1 N–H and O–H groups in total. The summed E-state index contributed by atoms with van der Waals surface area (Å²) in [5, 5.41) is 3.43. The Bertz CT molecular complexity index is 495. The average molecular weight is 300 g/mol. The predicted molar refractivity (Wildman–Crippen MR) is 89.4 cm³/mol. The van der Waals surface area contributed by atoms with E-state index in [2.05, 4.69) is 41.4 Å². The number of rotatable bonds is 3. The molecule has 2 aliphatic heterocycles. The number of nitrogens with one attached hydrogen (secondary N) is 1. The molecule has 22 heavy (non-hydrogen) atoms. The summed E-state index contributed by atoms with van der Waals surface area (Å²) in [6.07, 6.45) is 5.65. The molecule has 0 aliphatic carbocycles. The van der Waals surface area contributed by atoms with Crippen molar-refractivity contribution in [2.75, 3.05) is 19.6 Å². The zero-order valence-corrected chi connectivity index (χ0v) is 13.7. The third-order valence-electron chi connectivity index (χ3n) is 5.61. The first-order chi connectivity index (χ1) is 10.7. The van der Waals surface area contributed by atoms with Crippen molar-refractivity contribution in [2.24, 2.45) is 11.3 Å². The molecule has 120 valence electrons. The van der Waals surface area contributed by atoms with Crippen molar-refractivity contribution in [2.45, 2.75) is 45.6 Å². The van der Waals surface area contributed by atoms with Gasteiger partial charge in [-0.2, -0.15) is 0 Å². The topological polar surface area (TPSA) is 32.3 Å². The lowest BCUT2D eigenvalue weighted by atomic mass is 9.69. The van der Waals surface area contributed by atoms with Gasteiger partial charge in [0.25, 0.3) is 0 Å². The molecule has 2 fully saturated rings. The van der Waals surface area contributed by atoms with Crippen LogP contribution in [0.15, 0.2) is 30.3 Å². The van der Waals surface area contributed by atoms with E-state index in [4.69, 9.17) is 0 Å². The quantitative estimate of drug-likeness (QED) is 0.929. The Kier molecular flexibility index (Phi) is 4.82. The van der Waals surface area contributed by atoms with Crippen molar-refractivity contribution in [3.8, 4) is 0 Å². The lowest BCUT2D eigenvalue weighted by molar-refractivity contribution is -0.145. The molecule has 0 radical (unpaired) electrons. The molecule has 2 aliphatic rings. The van der Waals surface area contributed by atoms with Crippen LogP contribution >= 0.6 is 0 Å². The highest BCUT2D eigenvalue weighted by Crippen LogP contribution is 2.42. The van der Waals surface area contributed by atoms with Gasteiger partial charge in [0.05, 0.1) is 0 Å². The minimum atomic E-state index is -0.159. The molecule has 0 spiro atoms. The molecule has 0 saturated carbocycles. The molecule has 3 rings (SSSR count). The summed E-state index contributed by atoms with van der Waals surface area (Å²) in [5.41, 5.74) is 1.08. The Morgan fingerprint density at radius 3 is 2.64 bits per heavy atom. The average Bonchev–Trinajstić information content (AvgIpc) is 2.71. The summed E-state index contributed by atoms with van der Waals surface area (Å²) in [6.45, 7) is 6.03. The molecule has 1 aromatic carbocycles. The number of piperidine rings is 1. The maximum absolute atomic E-state index is 13.3. The molecular weight excluding hydrogens is 272 g/mol. The van der Waals surface area contributed by atoms with Crippen LogP contribution in [0.2, 0.25) is 0 Å². The lowest BCUT2D eigenvalue weighted by Crippen LogP contribution is -2.47. The summed E-state index contributed by atoms with van der Waals surface area (Å²) in [6, 6.07) is 10.4. The van der Waals surface area contributed by atoms with E-state index >= 15 is 0 Å². The number of amides is 1. The number of hydrogen-bond donors (Lipinski definition) is 1. The van der Waals surface area contributed by atoms with Crippen molar-refractivity contribution in [3.05, 3.63) is 35.9 Å². The number of hydrogen-bond acceptors (Lipinski definition) is 2. The summed E-state index contributed by atoms with van der Waals surface area (Å²) >= 11 is 0. The zero-order valence-electron chi connectivity index (χ0n) is 13.7. The van der Waals surface area contributed by atoms with Gasteiger partial charge in [0, 0.05) is 18.5 Å². The second-order valence-corrected chi connectivity index (χ2v) is 7.11. The SMILES string of the molecule is C[C@@]1(C2CCNCC2)CCCCN(Cc2ccccc2)C1=O. The van der Waals surface area contributed by atoms with Crippen LogP contribution in [-0.2, 0) is 11.3 Å². The van der Waals surface area contributed by atoms with Gasteiger partial charge in [-0.15, -0.1) is 0 Å². The molecule has 2 heterocycles.